The Morgan fingerprint density at radius 2 is 1.90 bits per heavy atom. The molecule has 1 aliphatic rings. The first-order valence-corrected chi connectivity index (χ1v) is 8.20. The van der Waals surface area contributed by atoms with E-state index in [9.17, 15) is 18.0 Å². The average molecular weight is 316 g/mol. The molecule has 0 saturated carbocycles. The molecule has 1 heterocycles. The lowest BCUT2D eigenvalue weighted by molar-refractivity contribution is -0.114. The quantitative estimate of drug-likeness (QED) is 0.793. The van der Waals surface area contributed by atoms with Crippen LogP contribution in [-0.2, 0) is 14.6 Å². The summed E-state index contributed by atoms with van der Waals surface area (Å²) in [6, 6.07) is 4.55. The molecule has 0 fully saturated rings. The zero-order valence-corrected chi connectivity index (χ0v) is 12.7. The fraction of sp³-hybridized carbons (Fsp3) is 0.385. The number of anilines is 1. The van der Waals surface area contributed by atoms with Crippen LogP contribution in [0, 0.1) is 0 Å². The van der Waals surface area contributed by atoms with Crippen molar-refractivity contribution < 1.29 is 18.0 Å². The Labute approximate surface area is 122 Å². The van der Waals surface area contributed by atoms with Gasteiger partial charge in [0, 0.05) is 11.6 Å². The molecule has 0 atom stereocenters. The van der Waals surface area contributed by atoms with Crippen molar-refractivity contribution in [3.63, 3.8) is 0 Å². The Morgan fingerprint density at radius 3 is 2.50 bits per heavy atom. The van der Waals surface area contributed by atoms with E-state index in [1.165, 1.54) is 11.0 Å². The zero-order valence-electron chi connectivity index (χ0n) is 11.1. The van der Waals surface area contributed by atoms with Crippen molar-refractivity contribution in [2.75, 3.05) is 17.2 Å². The van der Waals surface area contributed by atoms with Gasteiger partial charge in [-0.25, -0.2) is 8.42 Å². The summed E-state index contributed by atoms with van der Waals surface area (Å²) in [5.74, 6) is -1.53. The third-order valence-corrected chi connectivity index (χ3v) is 5.67. The number of Topliss-reactive ketones (excluding diaryl/α,β-unsaturated/α-hetero) is 1. The van der Waals surface area contributed by atoms with Gasteiger partial charge in [-0.1, -0.05) is 11.6 Å². The summed E-state index contributed by atoms with van der Waals surface area (Å²) >= 11 is 5.80. The number of ketones is 1. The summed E-state index contributed by atoms with van der Waals surface area (Å²) in [5, 5.41) is -0.151. The fourth-order valence-corrected chi connectivity index (χ4v) is 3.03. The van der Waals surface area contributed by atoms with Gasteiger partial charge < -0.3 is 4.90 Å². The highest BCUT2D eigenvalue weighted by Gasteiger charge is 2.36. The highest BCUT2D eigenvalue weighted by atomic mass is 35.5. The average Bonchev–Trinajstić information content (AvgIpc) is 2.60. The van der Waals surface area contributed by atoms with Gasteiger partial charge in [0.2, 0.25) is 0 Å². The lowest BCUT2D eigenvalue weighted by Crippen LogP contribution is -2.35. The Balaban J connectivity index is 2.27. The van der Waals surface area contributed by atoms with Crippen molar-refractivity contribution in [2.24, 2.45) is 0 Å². The number of halogens is 1. The molecular weight excluding hydrogens is 302 g/mol. The second kappa shape index (κ2) is 5.18. The Hall–Kier alpha value is -1.40. The molecule has 0 saturated heterocycles. The molecule has 0 spiro atoms. The maximum atomic E-state index is 11.9. The van der Waals surface area contributed by atoms with Gasteiger partial charge in [0.25, 0.3) is 11.7 Å². The Kier molecular flexibility index (Phi) is 3.88. The van der Waals surface area contributed by atoms with Gasteiger partial charge in [-0.05, 0) is 32.0 Å². The van der Waals surface area contributed by atoms with Gasteiger partial charge in [-0.15, -0.1) is 0 Å². The van der Waals surface area contributed by atoms with Crippen LogP contribution in [0.15, 0.2) is 18.2 Å². The predicted octanol–water partition coefficient (Wildman–Crippen LogP) is 1.69. The van der Waals surface area contributed by atoms with E-state index in [-0.39, 0.29) is 17.9 Å². The molecule has 5 nitrogen and oxygen atoms in total. The highest BCUT2D eigenvalue weighted by molar-refractivity contribution is 7.92. The molecule has 1 amide bonds. The lowest BCUT2D eigenvalue weighted by atomic mass is 10.1. The standard InChI is InChI=1S/C13H14ClNO4S/c1-8(2)20(18,19)6-5-15-11-4-3-9(14)7-10(11)12(16)13(15)17/h3-4,7-8H,5-6H2,1-2H3. The summed E-state index contributed by atoms with van der Waals surface area (Å²) in [6.07, 6.45) is 0. The van der Waals surface area contributed by atoms with Crippen molar-refractivity contribution in [3.8, 4) is 0 Å². The molecule has 0 radical (unpaired) electrons. The molecule has 2 rings (SSSR count). The minimum Gasteiger partial charge on any atom is -0.304 e. The van der Waals surface area contributed by atoms with E-state index in [0.717, 1.165) is 0 Å². The smallest absolute Gasteiger partial charge is 0.299 e. The van der Waals surface area contributed by atoms with Gasteiger partial charge >= 0.3 is 0 Å². The van der Waals surface area contributed by atoms with E-state index in [0.29, 0.717) is 10.7 Å². The third kappa shape index (κ3) is 2.58. The summed E-state index contributed by atoms with van der Waals surface area (Å²) in [7, 11) is -3.27. The van der Waals surface area contributed by atoms with Crippen molar-refractivity contribution in [1.29, 1.82) is 0 Å². The molecule has 1 aromatic rings. The van der Waals surface area contributed by atoms with E-state index in [4.69, 9.17) is 11.6 Å². The number of fused-ring (bicyclic) bond motifs is 1. The summed E-state index contributed by atoms with van der Waals surface area (Å²) < 4.78 is 23.6. The molecule has 1 aromatic carbocycles. The third-order valence-electron chi connectivity index (χ3n) is 3.25. The van der Waals surface area contributed by atoms with Crippen molar-refractivity contribution in [2.45, 2.75) is 19.1 Å². The topological polar surface area (TPSA) is 71.5 Å². The molecule has 0 aliphatic carbocycles. The first-order chi connectivity index (χ1) is 9.24. The SMILES string of the molecule is CC(C)S(=O)(=O)CCN1C(=O)C(=O)c2cc(Cl)ccc21. The number of amides is 1. The van der Waals surface area contributed by atoms with Crippen LogP contribution in [0.3, 0.4) is 0 Å². The molecule has 0 bridgehead atoms. The number of sulfone groups is 1. The first kappa shape index (κ1) is 15.0. The van der Waals surface area contributed by atoms with Crippen LogP contribution in [0.4, 0.5) is 5.69 Å². The molecule has 20 heavy (non-hydrogen) atoms. The van der Waals surface area contributed by atoms with Crippen LogP contribution in [-0.4, -0.2) is 37.7 Å². The minimum atomic E-state index is -3.27. The molecule has 108 valence electrons. The summed E-state index contributed by atoms with van der Waals surface area (Å²) in [6.45, 7) is 3.14. The number of carbonyl (C=O) groups is 2. The van der Waals surface area contributed by atoms with E-state index in [1.807, 2.05) is 0 Å². The number of hydrogen-bond donors (Lipinski definition) is 0. The number of rotatable bonds is 4. The van der Waals surface area contributed by atoms with Crippen LogP contribution < -0.4 is 4.90 Å². The molecule has 0 aromatic heterocycles. The minimum absolute atomic E-state index is 0.0281. The van der Waals surface area contributed by atoms with Crippen LogP contribution in [0.2, 0.25) is 5.02 Å². The van der Waals surface area contributed by atoms with E-state index in [2.05, 4.69) is 0 Å². The van der Waals surface area contributed by atoms with E-state index in [1.54, 1.807) is 26.0 Å². The number of carbonyl (C=O) groups excluding carboxylic acids is 2. The second-order valence-electron chi connectivity index (χ2n) is 4.86. The van der Waals surface area contributed by atoms with Gasteiger partial charge in [0.1, 0.15) is 0 Å². The molecular formula is C13H14ClNO4S. The predicted molar refractivity (Wildman–Crippen MR) is 77.1 cm³/mol. The number of benzene rings is 1. The van der Waals surface area contributed by atoms with Crippen LogP contribution >= 0.6 is 11.6 Å². The Bertz CT molecular complexity index is 682. The second-order valence-corrected chi connectivity index (χ2v) is 7.98. The number of hydrogen-bond acceptors (Lipinski definition) is 4. The van der Waals surface area contributed by atoms with Crippen molar-refractivity contribution in [3.05, 3.63) is 28.8 Å². The normalized spacial score (nSPS) is 15.1. The molecule has 1 aliphatic heterocycles. The van der Waals surface area contributed by atoms with Crippen molar-refractivity contribution >= 4 is 38.8 Å². The van der Waals surface area contributed by atoms with Crippen LogP contribution in [0.25, 0.3) is 0 Å². The maximum Gasteiger partial charge on any atom is 0.299 e. The highest BCUT2D eigenvalue weighted by Crippen LogP contribution is 2.31. The van der Waals surface area contributed by atoms with E-state index >= 15 is 0 Å². The van der Waals surface area contributed by atoms with Crippen LogP contribution in [0.5, 0.6) is 0 Å². The zero-order chi connectivity index (χ0) is 15.1. The first-order valence-electron chi connectivity index (χ1n) is 6.11. The fourth-order valence-electron chi connectivity index (χ4n) is 1.95. The lowest BCUT2D eigenvalue weighted by Gasteiger charge is -2.17. The Morgan fingerprint density at radius 1 is 1.25 bits per heavy atom. The summed E-state index contributed by atoms with van der Waals surface area (Å²) in [4.78, 5) is 24.9. The van der Waals surface area contributed by atoms with Gasteiger partial charge in [0.05, 0.1) is 22.3 Å². The molecule has 0 unspecified atom stereocenters. The summed E-state index contributed by atoms with van der Waals surface area (Å²) in [5.41, 5.74) is 0.646. The maximum absolute atomic E-state index is 11.9. The molecule has 7 heteroatoms. The number of nitrogens with zero attached hydrogens (tertiary/aromatic N) is 1. The monoisotopic (exact) mass is 315 g/mol. The van der Waals surface area contributed by atoms with Gasteiger partial charge in [-0.3, -0.25) is 9.59 Å². The van der Waals surface area contributed by atoms with E-state index < -0.39 is 26.8 Å². The largest absolute Gasteiger partial charge is 0.304 e. The van der Waals surface area contributed by atoms with Crippen LogP contribution in [0.1, 0.15) is 24.2 Å². The van der Waals surface area contributed by atoms with Gasteiger partial charge in [0.15, 0.2) is 9.84 Å². The molecule has 0 N–H and O–H groups in total. The van der Waals surface area contributed by atoms with Crippen molar-refractivity contribution in [1.82, 2.24) is 0 Å². The van der Waals surface area contributed by atoms with Gasteiger partial charge in [-0.2, -0.15) is 0 Å².